The number of hydrogen-bond donors (Lipinski definition) is 0. The zero-order valence-electron chi connectivity index (χ0n) is 12.2. The molecule has 4 nitrogen and oxygen atoms in total. The van der Waals surface area contributed by atoms with Crippen LogP contribution in [0.5, 0.6) is 0 Å². The fourth-order valence-electron chi connectivity index (χ4n) is 3.25. The molecule has 0 amide bonds. The van der Waals surface area contributed by atoms with E-state index in [0.29, 0.717) is 38.9 Å². The van der Waals surface area contributed by atoms with E-state index in [1.54, 1.807) is 6.08 Å². The maximum Gasteiger partial charge on any atom is 0.172 e. The van der Waals surface area contributed by atoms with Crippen molar-refractivity contribution in [2.45, 2.75) is 31.5 Å². The molecule has 0 saturated carbocycles. The molecule has 0 N–H and O–H groups in total. The summed E-state index contributed by atoms with van der Waals surface area (Å²) in [7, 11) is 0. The first-order valence-electron chi connectivity index (χ1n) is 7.18. The van der Waals surface area contributed by atoms with E-state index in [1.807, 2.05) is 12.2 Å². The van der Waals surface area contributed by atoms with Crippen LogP contribution in [0.25, 0.3) is 0 Å². The maximum atomic E-state index is 9.55. The summed E-state index contributed by atoms with van der Waals surface area (Å²) in [5, 5.41) is 19.1. The number of nitriles is 2. The first kappa shape index (κ1) is 15.5. The van der Waals surface area contributed by atoms with E-state index < -0.39 is 11.2 Å². The molecule has 2 rings (SSSR count). The molecule has 1 saturated heterocycles. The highest BCUT2D eigenvalue weighted by atomic mass is 16.7. The highest BCUT2D eigenvalue weighted by Gasteiger charge is 2.47. The van der Waals surface area contributed by atoms with Crippen LogP contribution in [0.3, 0.4) is 0 Å². The summed E-state index contributed by atoms with van der Waals surface area (Å²) >= 11 is 0. The predicted octanol–water partition coefficient (Wildman–Crippen LogP) is 3.25. The molecule has 1 atom stereocenters. The third-order valence-corrected chi connectivity index (χ3v) is 4.22. The van der Waals surface area contributed by atoms with Gasteiger partial charge in [0.05, 0.1) is 25.4 Å². The molecule has 2 aliphatic rings. The van der Waals surface area contributed by atoms with Crippen molar-refractivity contribution >= 4 is 0 Å². The fraction of sp³-hybridized carbons (Fsp3) is 0.529. The molecule has 1 aliphatic carbocycles. The number of rotatable bonds is 5. The minimum atomic E-state index is -1.14. The van der Waals surface area contributed by atoms with E-state index in [-0.39, 0.29) is 5.92 Å². The Labute approximate surface area is 126 Å². The normalized spacial score (nSPS) is 23.9. The van der Waals surface area contributed by atoms with Crippen molar-refractivity contribution in [3.05, 3.63) is 37.0 Å². The van der Waals surface area contributed by atoms with E-state index in [0.717, 1.165) is 5.57 Å². The van der Waals surface area contributed by atoms with E-state index in [1.165, 1.54) is 0 Å². The van der Waals surface area contributed by atoms with Crippen LogP contribution in [-0.2, 0) is 9.47 Å². The monoisotopic (exact) mass is 284 g/mol. The van der Waals surface area contributed by atoms with Gasteiger partial charge in [0.15, 0.2) is 11.2 Å². The topological polar surface area (TPSA) is 66.0 Å². The first-order chi connectivity index (χ1) is 10.2. The van der Waals surface area contributed by atoms with Crippen molar-refractivity contribution in [3.8, 4) is 12.1 Å². The van der Waals surface area contributed by atoms with Crippen molar-refractivity contribution in [2.75, 3.05) is 13.2 Å². The summed E-state index contributed by atoms with van der Waals surface area (Å²) in [5.41, 5.74) is -0.285. The zero-order chi connectivity index (χ0) is 15.3. The number of allylic oxidation sites excluding steroid dienone is 3. The van der Waals surface area contributed by atoms with Crippen LogP contribution in [0, 0.1) is 34.0 Å². The summed E-state index contributed by atoms with van der Waals surface area (Å²) < 4.78 is 11.5. The predicted molar refractivity (Wildman–Crippen MR) is 78.7 cm³/mol. The largest absolute Gasteiger partial charge is 0.347 e. The lowest BCUT2D eigenvalue weighted by molar-refractivity contribution is -0.169. The van der Waals surface area contributed by atoms with Crippen molar-refractivity contribution < 1.29 is 9.47 Å². The third kappa shape index (κ3) is 2.78. The molecular weight excluding hydrogens is 264 g/mol. The van der Waals surface area contributed by atoms with E-state index in [9.17, 15) is 10.5 Å². The quantitative estimate of drug-likeness (QED) is 0.727. The lowest BCUT2D eigenvalue weighted by atomic mass is 9.68. The zero-order valence-corrected chi connectivity index (χ0v) is 12.2. The van der Waals surface area contributed by atoms with Gasteiger partial charge >= 0.3 is 0 Å². The van der Waals surface area contributed by atoms with Gasteiger partial charge in [-0.1, -0.05) is 18.2 Å². The van der Waals surface area contributed by atoms with Crippen LogP contribution >= 0.6 is 0 Å². The van der Waals surface area contributed by atoms with Crippen LogP contribution in [0.2, 0.25) is 0 Å². The highest BCUT2D eigenvalue weighted by molar-refractivity contribution is 5.37. The molecule has 1 aliphatic heterocycles. The highest BCUT2D eigenvalue weighted by Crippen LogP contribution is 2.47. The number of nitrogens with zero attached hydrogens (tertiary/aromatic N) is 2. The van der Waals surface area contributed by atoms with Crippen LogP contribution in [0.1, 0.15) is 25.7 Å². The van der Waals surface area contributed by atoms with Gasteiger partial charge in [0.2, 0.25) is 0 Å². The second kappa shape index (κ2) is 6.26. The Morgan fingerprint density at radius 3 is 2.48 bits per heavy atom. The molecule has 0 aromatic rings. The standard InChI is InChI=1S/C17H20N2O2/c1-3-5-14-11-17(20-9-10-21-17)8-6-15(14)16(12-18,13-19)7-4-2/h3-4,6,14H,1-2,5,7-11H2. The summed E-state index contributed by atoms with van der Waals surface area (Å²) in [6.45, 7) is 8.66. The lowest BCUT2D eigenvalue weighted by Gasteiger charge is -2.39. The molecule has 4 heteroatoms. The Bertz CT molecular complexity index is 516. The third-order valence-electron chi connectivity index (χ3n) is 4.22. The molecule has 1 fully saturated rings. The van der Waals surface area contributed by atoms with Crippen LogP contribution in [0.4, 0.5) is 0 Å². The van der Waals surface area contributed by atoms with Gasteiger partial charge in [0.1, 0.15) is 0 Å². The molecule has 0 aromatic heterocycles. The Hall–Kier alpha value is -1.88. The maximum absolute atomic E-state index is 9.55. The smallest absolute Gasteiger partial charge is 0.172 e. The molecule has 0 bridgehead atoms. The molecule has 21 heavy (non-hydrogen) atoms. The summed E-state index contributed by atoms with van der Waals surface area (Å²) in [6.07, 6.45) is 7.67. The van der Waals surface area contributed by atoms with Crippen LogP contribution < -0.4 is 0 Å². The molecular formula is C17H20N2O2. The van der Waals surface area contributed by atoms with Gasteiger partial charge in [-0.3, -0.25) is 0 Å². The molecule has 110 valence electrons. The number of hydrogen-bond acceptors (Lipinski definition) is 4. The van der Waals surface area contributed by atoms with E-state index >= 15 is 0 Å². The van der Waals surface area contributed by atoms with E-state index in [4.69, 9.17) is 9.47 Å². The molecule has 0 radical (unpaired) electrons. The minimum absolute atomic E-state index is 0.0357. The van der Waals surface area contributed by atoms with Gasteiger partial charge < -0.3 is 9.47 Å². The molecule has 0 aromatic carbocycles. The van der Waals surface area contributed by atoms with Gasteiger partial charge in [-0.2, -0.15) is 10.5 Å². The Morgan fingerprint density at radius 2 is 1.95 bits per heavy atom. The summed E-state index contributed by atoms with van der Waals surface area (Å²) in [4.78, 5) is 0. The SMILES string of the molecule is C=CCC1CC2(CC=C1C(C#N)(C#N)CC=C)OCCO2. The second-order valence-electron chi connectivity index (χ2n) is 5.52. The molecule has 1 unspecified atom stereocenters. The van der Waals surface area contributed by atoms with Gasteiger partial charge in [-0.15, -0.1) is 13.2 Å². The van der Waals surface area contributed by atoms with Gasteiger partial charge in [0, 0.05) is 19.3 Å². The summed E-state index contributed by atoms with van der Waals surface area (Å²) in [5.74, 6) is -0.546. The van der Waals surface area contributed by atoms with Gasteiger partial charge in [0.25, 0.3) is 0 Å². The molecule has 1 spiro atoms. The van der Waals surface area contributed by atoms with E-state index in [2.05, 4.69) is 25.3 Å². The Morgan fingerprint density at radius 1 is 1.29 bits per heavy atom. The van der Waals surface area contributed by atoms with Crippen LogP contribution in [-0.4, -0.2) is 19.0 Å². The second-order valence-corrected chi connectivity index (χ2v) is 5.52. The van der Waals surface area contributed by atoms with Crippen molar-refractivity contribution in [1.82, 2.24) is 0 Å². The van der Waals surface area contributed by atoms with Gasteiger partial charge in [-0.25, -0.2) is 0 Å². The van der Waals surface area contributed by atoms with Gasteiger partial charge in [-0.05, 0) is 17.9 Å². The Kier molecular flexibility index (Phi) is 4.63. The van der Waals surface area contributed by atoms with Crippen molar-refractivity contribution in [3.63, 3.8) is 0 Å². The average Bonchev–Trinajstić information content (AvgIpc) is 2.94. The summed E-state index contributed by atoms with van der Waals surface area (Å²) in [6, 6.07) is 4.37. The number of ether oxygens (including phenoxy) is 2. The van der Waals surface area contributed by atoms with Crippen LogP contribution in [0.15, 0.2) is 37.0 Å². The minimum Gasteiger partial charge on any atom is -0.347 e. The van der Waals surface area contributed by atoms with Crippen molar-refractivity contribution in [2.24, 2.45) is 11.3 Å². The van der Waals surface area contributed by atoms with Crippen molar-refractivity contribution in [1.29, 1.82) is 10.5 Å². The fourth-order valence-corrected chi connectivity index (χ4v) is 3.25. The average molecular weight is 284 g/mol. The lowest BCUT2D eigenvalue weighted by Crippen LogP contribution is -2.39. The first-order valence-corrected chi connectivity index (χ1v) is 7.18. The molecule has 1 heterocycles. The Balaban J connectivity index is 2.38.